The van der Waals surface area contributed by atoms with E-state index in [-0.39, 0.29) is 18.2 Å². The van der Waals surface area contributed by atoms with Gasteiger partial charge in [0.25, 0.3) is 0 Å². The highest BCUT2D eigenvalue weighted by Crippen LogP contribution is 2.34. The van der Waals surface area contributed by atoms with Crippen LogP contribution in [0.2, 0.25) is 0 Å². The van der Waals surface area contributed by atoms with E-state index in [1.165, 1.54) is 0 Å². The van der Waals surface area contributed by atoms with Crippen LogP contribution >= 0.6 is 11.8 Å². The van der Waals surface area contributed by atoms with Crippen LogP contribution in [0.15, 0.2) is 28.8 Å². The number of nitrogens with zero attached hydrogens (tertiary/aromatic N) is 1. The van der Waals surface area contributed by atoms with E-state index in [2.05, 4.69) is 9.88 Å². The number of sulfonamides is 1. The molecule has 9 heteroatoms. The van der Waals surface area contributed by atoms with E-state index in [0.717, 1.165) is 17.0 Å². The summed E-state index contributed by atoms with van der Waals surface area (Å²) in [6.07, 6.45) is 0. The maximum atomic E-state index is 12.1. The number of benzene rings is 1. The summed E-state index contributed by atoms with van der Waals surface area (Å²) in [7, 11) is -1.98. The van der Waals surface area contributed by atoms with Gasteiger partial charge in [-0.2, -0.15) is 11.8 Å². The first kappa shape index (κ1) is 16.0. The van der Waals surface area contributed by atoms with E-state index in [0.29, 0.717) is 17.3 Å². The van der Waals surface area contributed by atoms with Crippen LogP contribution in [0.1, 0.15) is 11.3 Å². The quantitative estimate of drug-likeness (QED) is 0.813. The fourth-order valence-corrected chi connectivity index (χ4v) is 3.94. The van der Waals surface area contributed by atoms with E-state index >= 15 is 0 Å². The molecule has 0 radical (unpaired) electrons. The van der Waals surface area contributed by atoms with Gasteiger partial charge in [-0.1, -0.05) is 5.16 Å². The Morgan fingerprint density at radius 2 is 2.00 bits per heavy atom. The molecule has 7 nitrogen and oxygen atoms in total. The van der Waals surface area contributed by atoms with Gasteiger partial charge in [0.15, 0.2) is 0 Å². The van der Waals surface area contributed by atoms with Crippen LogP contribution in [-0.4, -0.2) is 33.0 Å². The Morgan fingerprint density at radius 3 is 2.74 bits per heavy atom. The van der Waals surface area contributed by atoms with Crippen molar-refractivity contribution < 1.29 is 22.4 Å². The number of hydrogen-bond donors (Lipinski definition) is 1. The molecule has 0 amide bonds. The molecule has 1 aromatic heterocycles. The lowest BCUT2D eigenvalue weighted by atomic mass is 10.3. The number of fused-ring (bicyclic) bond motifs is 1. The first-order chi connectivity index (χ1) is 11.1. The second-order valence-corrected chi connectivity index (χ2v) is 7.70. The lowest BCUT2D eigenvalue weighted by Gasteiger charge is -2.08. The van der Waals surface area contributed by atoms with Crippen LogP contribution in [0.3, 0.4) is 0 Å². The number of thioether (sulfide) groups is 1. The molecule has 1 N–H and O–H groups in total. The molecule has 0 aliphatic carbocycles. The molecule has 1 aromatic carbocycles. The van der Waals surface area contributed by atoms with Gasteiger partial charge in [0.05, 0.1) is 18.4 Å². The van der Waals surface area contributed by atoms with Crippen LogP contribution in [0.4, 0.5) is 5.88 Å². The van der Waals surface area contributed by atoms with Crippen molar-refractivity contribution in [3.63, 3.8) is 0 Å². The Balaban J connectivity index is 1.54. The van der Waals surface area contributed by atoms with Crippen LogP contribution in [0.25, 0.3) is 0 Å². The van der Waals surface area contributed by atoms with Crippen LogP contribution in [0.5, 0.6) is 11.5 Å². The highest BCUT2D eigenvalue weighted by molar-refractivity contribution is 7.98. The van der Waals surface area contributed by atoms with Gasteiger partial charge < -0.3 is 14.0 Å². The SMILES string of the molecule is COc1ccc(OCCS(=O)(=O)Nc2onc3c2CSC3)cc1. The zero-order valence-electron chi connectivity index (χ0n) is 12.4. The van der Waals surface area contributed by atoms with Gasteiger partial charge >= 0.3 is 0 Å². The molecule has 0 unspecified atom stereocenters. The molecular formula is C14H16N2O5S2. The largest absolute Gasteiger partial charge is 0.497 e. The van der Waals surface area contributed by atoms with Crippen LogP contribution in [-0.2, 0) is 21.5 Å². The second-order valence-electron chi connectivity index (χ2n) is 4.87. The highest BCUT2D eigenvalue weighted by Gasteiger charge is 2.24. The van der Waals surface area contributed by atoms with E-state index in [4.69, 9.17) is 14.0 Å². The number of hydrogen-bond acceptors (Lipinski definition) is 7. The summed E-state index contributed by atoms with van der Waals surface area (Å²) >= 11 is 1.68. The average Bonchev–Trinajstić information content (AvgIpc) is 3.13. The second kappa shape index (κ2) is 6.71. The van der Waals surface area contributed by atoms with E-state index < -0.39 is 10.0 Å². The third-order valence-corrected chi connectivity index (χ3v) is 5.45. The first-order valence-electron chi connectivity index (χ1n) is 6.90. The Labute approximate surface area is 138 Å². The fourth-order valence-electron chi connectivity index (χ4n) is 2.07. The third-order valence-electron chi connectivity index (χ3n) is 3.28. The summed E-state index contributed by atoms with van der Waals surface area (Å²) in [6, 6.07) is 6.94. The monoisotopic (exact) mass is 356 g/mol. The van der Waals surface area contributed by atoms with Crippen molar-refractivity contribution in [3.05, 3.63) is 35.5 Å². The van der Waals surface area contributed by atoms with Crippen LogP contribution < -0.4 is 14.2 Å². The van der Waals surface area contributed by atoms with Gasteiger partial charge in [-0.3, -0.25) is 4.72 Å². The summed E-state index contributed by atoms with van der Waals surface area (Å²) in [5, 5.41) is 3.86. The number of rotatable bonds is 7. The number of nitrogens with one attached hydrogen (secondary N) is 1. The Hall–Kier alpha value is -1.87. The van der Waals surface area contributed by atoms with Gasteiger partial charge in [0.2, 0.25) is 15.9 Å². The summed E-state index contributed by atoms with van der Waals surface area (Å²) in [4.78, 5) is 0. The Kier molecular flexibility index (Phi) is 4.67. The molecule has 0 bridgehead atoms. The summed E-state index contributed by atoms with van der Waals surface area (Å²) in [5.41, 5.74) is 1.64. The molecule has 124 valence electrons. The van der Waals surface area contributed by atoms with Gasteiger partial charge in [-0.25, -0.2) is 8.42 Å². The molecule has 2 aromatic rings. The zero-order valence-corrected chi connectivity index (χ0v) is 14.1. The zero-order chi connectivity index (χ0) is 16.3. The van der Waals surface area contributed by atoms with Crippen molar-refractivity contribution in [3.8, 4) is 11.5 Å². The minimum absolute atomic E-state index is 0.0345. The molecule has 2 heterocycles. The predicted molar refractivity (Wildman–Crippen MR) is 87.4 cm³/mol. The van der Waals surface area contributed by atoms with Crippen molar-refractivity contribution in [1.29, 1.82) is 0 Å². The van der Waals surface area contributed by atoms with Crippen molar-refractivity contribution in [2.75, 3.05) is 24.2 Å². The van der Waals surface area contributed by atoms with Gasteiger partial charge in [-0.15, -0.1) is 0 Å². The highest BCUT2D eigenvalue weighted by atomic mass is 32.2. The summed E-state index contributed by atoms with van der Waals surface area (Å²) < 4.78 is 42.1. The Morgan fingerprint density at radius 1 is 1.26 bits per heavy atom. The minimum atomic E-state index is -3.55. The van der Waals surface area contributed by atoms with Crippen LogP contribution in [0, 0.1) is 0 Å². The maximum Gasteiger partial charge on any atom is 0.242 e. The standard InChI is InChI=1S/C14H16N2O5S2/c1-19-10-2-4-11(5-3-10)20-6-7-23(17,18)16-14-12-8-22-9-13(12)15-21-14/h2-5,16H,6-9H2,1H3. The lowest BCUT2D eigenvalue weighted by Crippen LogP contribution is -2.21. The van der Waals surface area contributed by atoms with Crippen molar-refractivity contribution >= 4 is 27.7 Å². The molecule has 1 aliphatic rings. The maximum absolute atomic E-state index is 12.1. The van der Waals surface area contributed by atoms with Gasteiger partial charge in [0, 0.05) is 11.5 Å². The molecule has 1 aliphatic heterocycles. The van der Waals surface area contributed by atoms with Crippen molar-refractivity contribution in [2.45, 2.75) is 11.5 Å². The summed E-state index contributed by atoms with van der Waals surface area (Å²) in [6.45, 7) is 0.0345. The molecule has 3 rings (SSSR count). The number of aromatic nitrogens is 1. The molecule has 0 saturated carbocycles. The normalized spacial score (nSPS) is 13.6. The molecule has 0 spiro atoms. The molecule has 0 fully saturated rings. The summed E-state index contributed by atoms with van der Waals surface area (Å²) in [5.74, 6) is 2.79. The molecule has 0 saturated heterocycles. The number of anilines is 1. The van der Waals surface area contributed by atoms with Gasteiger partial charge in [0.1, 0.15) is 23.9 Å². The van der Waals surface area contributed by atoms with Crippen molar-refractivity contribution in [1.82, 2.24) is 5.16 Å². The fraction of sp³-hybridized carbons (Fsp3) is 0.357. The minimum Gasteiger partial charge on any atom is -0.497 e. The number of ether oxygens (including phenoxy) is 2. The number of methoxy groups -OCH3 is 1. The predicted octanol–water partition coefficient (Wildman–Crippen LogP) is 2.25. The third kappa shape index (κ3) is 3.91. The van der Waals surface area contributed by atoms with Crippen molar-refractivity contribution in [2.24, 2.45) is 0 Å². The molecule has 23 heavy (non-hydrogen) atoms. The first-order valence-corrected chi connectivity index (χ1v) is 9.70. The average molecular weight is 356 g/mol. The van der Waals surface area contributed by atoms with E-state index in [1.54, 1.807) is 43.1 Å². The van der Waals surface area contributed by atoms with Gasteiger partial charge in [-0.05, 0) is 24.3 Å². The van der Waals surface area contributed by atoms with E-state index in [9.17, 15) is 8.42 Å². The smallest absolute Gasteiger partial charge is 0.242 e. The lowest BCUT2D eigenvalue weighted by molar-refractivity contribution is 0.339. The topological polar surface area (TPSA) is 90.7 Å². The molecular weight excluding hydrogens is 340 g/mol. The molecule has 0 atom stereocenters. The van der Waals surface area contributed by atoms with E-state index in [1.807, 2.05) is 0 Å². The Bertz CT molecular complexity index is 771.